The number of fused-ring (bicyclic) bond motifs is 1. The molecule has 1 aliphatic heterocycles. The maximum Gasteiger partial charge on any atom is 0.222 e. The van der Waals surface area contributed by atoms with Crippen LogP contribution in [0.5, 0.6) is 5.75 Å². The van der Waals surface area contributed by atoms with E-state index < -0.39 is 0 Å². The highest BCUT2D eigenvalue weighted by molar-refractivity contribution is 5.77. The predicted octanol–water partition coefficient (Wildman–Crippen LogP) is 4.47. The van der Waals surface area contributed by atoms with Crippen LogP contribution in [0.2, 0.25) is 0 Å². The fraction of sp³-hybridized carbons (Fsp3) is 0.240. The Labute approximate surface area is 172 Å². The fourth-order valence-electron chi connectivity index (χ4n) is 3.65. The van der Waals surface area contributed by atoms with Crippen molar-refractivity contribution in [1.82, 2.24) is 5.32 Å². The summed E-state index contributed by atoms with van der Waals surface area (Å²) >= 11 is 0. The maximum absolute atomic E-state index is 12.7. The number of anilines is 1. The van der Waals surface area contributed by atoms with Crippen LogP contribution in [0.4, 0.5) is 5.69 Å². The van der Waals surface area contributed by atoms with Gasteiger partial charge in [0.25, 0.3) is 0 Å². The molecule has 4 heteroatoms. The Morgan fingerprint density at radius 1 is 0.966 bits per heavy atom. The van der Waals surface area contributed by atoms with Crippen LogP contribution < -0.4 is 15.0 Å². The number of ether oxygens (including phenoxy) is 1. The van der Waals surface area contributed by atoms with Crippen molar-refractivity contribution in [1.29, 1.82) is 0 Å². The van der Waals surface area contributed by atoms with E-state index >= 15 is 0 Å². The van der Waals surface area contributed by atoms with Gasteiger partial charge in [-0.05, 0) is 30.2 Å². The SMILES string of the molecule is Cc1ccc(CNC(=O)CC2COc3ccccc3N2Cc2ccccc2)cc1. The van der Waals surface area contributed by atoms with E-state index in [1.165, 1.54) is 11.1 Å². The summed E-state index contributed by atoms with van der Waals surface area (Å²) in [5.74, 6) is 0.913. The molecule has 1 heterocycles. The minimum atomic E-state index is -0.0110. The number of nitrogens with one attached hydrogen (secondary N) is 1. The van der Waals surface area contributed by atoms with Crippen molar-refractivity contribution >= 4 is 11.6 Å². The van der Waals surface area contributed by atoms with Crippen LogP contribution in [0.1, 0.15) is 23.1 Å². The quantitative estimate of drug-likeness (QED) is 0.680. The van der Waals surface area contributed by atoms with E-state index in [0.29, 0.717) is 19.6 Å². The number of para-hydroxylation sites is 2. The number of benzene rings is 3. The van der Waals surface area contributed by atoms with Gasteiger partial charge in [0.2, 0.25) is 5.91 Å². The first-order valence-electron chi connectivity index (χ1n) is 10.0. The van der Waals surface area contributed by atoms with Crippen molar-refractivity contribution in [3.05, 3.63) is 95.6 Å². The van der Waals surface area contributed by atoms with E-state index in [1.54, 1.807) is 0 Å². The molecule has 1 amide bonds. The Morgan fingerprint density at radius 2 is 1.69 bits per heavy atom. The van der Waals surface area contributed by atoms with E-state index in [1.807, 2.05) is 36.4 Å². The van der Waals surface area contributed by atoms with Crippen LogP contribution in [-0.2, 0) is 17.9 Å². The molecule has 0 bridgehead atoms. The number of amides is 1. The van der Waals surface area contributed by atoms with Gasteiger partial charge in [-0.1, -0.05) is 72.3 Å². The number of aryl methyl sites for hydroxylation is 1. The third kappa shape index (κ3) is 4.77. The first kappa shape index (κ1) is 19.1. The molecular formula is C25H26N2O2. The summed E-state index contributed by atoms with van der Waals surface area (Å²) in [7, 11) is 0. The van der Waals surface area contributed by atoms with Crippen molar-refractivity contribution in [3.63, 3.8) is 0 Å². The summed E-state index contributed by atoms with van der Waals surface area (Å²) in [5.41, 5.74) is 4.58. The van der Waals surface area contributed by atoms with Crippen molar-refractivity contribution in [2.24, 2.45) is 0 Å². The Bertz CT molecular complexity index is 954. The summed E-state index contributed by atoms with van der Waals surface area (Å²) in [4.78, 5) is 15.0. The van der Waals surface area contributed by atoms with Gasteiger partial charge in [-0.2, -0.15) is 0 Å². The summed E-state index contributed by atoms with van der Waals surface area (Å²) in [6.07, 6.45) is 0.396. The molecule has 0 saturated heterocycles. The second-order valence-corrected chi connectivity index (χ2v) is 7.51. The number of hydrogen-bond donors (Lipinski definition) is 1. The predicted molar refractivity (Wildman–Crippen MR) is 116 cm³/mol. The molecule has 0 spiro atoms. The molecule has 1 atom stereocenters. The Balaban J connectivity index is 1.45. The van der Waals surface area contributed by atoms with Crippen LogP contribution in [0.3, 0.4) is 0 Å². The highest BCUT2D eigenvalue weighted by Crippen LogP contribution is 2.35. The van der Waals surface area contributed by atoms with Crippen molar-refractivity contribution in [2.75, 3.05) is 11.5 Å². The number of nitrogens with zero attached hydrogens (tertiary/aromatic N) is 1. The molecule has 4 rings (SSSR count). The zero-order chi connectivity index (χ0) is 20.1. The van der Waals surface area contributed by atoms with Crippen molar-refractivity contribution in [2.45, 2.75) is 32.5 Å². The third-order valence-corrected chi connectivity index (χ3v) is 5.27. The number of carbonyl (C=O) groups excluding carboxylic acids is 1. The topological polar surface area (TPSA) is 41.6 Å². The largest absolute Gasteiger partial charge is 0.489 e. The van der Waals surface area contributed by atoms with Crippen LogP contribution in [0.15, 0.2) is 78.9 Å². The van der Waals surface area contributed by atoms with Gasteiger partial charge in [-0.25, -0.2) is 0 Å². The molecule has 0 aliphatic carbocycles. The van der Waals surface area contributed by atoms with Gasteiger partial charge in [0.15, 0.2) is 0 Å². The fourth-order valence-corrected chi connectivity index (χ4v) is 3.65. The Hall–Kier alpha value is -3.27. The average molecular weight is 386 g/mol. The van der Waals surface area contributed by atoms with E-state index in [9.17, 15) is 4.79 Å². The standard InChI is InChI=1S/C25H26N2O2/c1-19-11-13-20(14-12-19)16-26-25(28)15-22-18-29-24-10-6-5-9-23(24)27(22)17-21-7-3-2-4-8-21/h2-14,22H,15-18H2,1H3,(H,26,28). The Kier molecular flexibility index (Phi) is 5.80. The summed E-state index contributed by atoms with van der Waals surface area (Å²) < 4.78 is 5.96. The molecule has 1 unspecified atom stereocenters. The molecular weight excluding hydrogens is 360 g/mol. The van der Waals surface area contributed by atoms with Gasteiger partial charge in [0, 0.05) is 13.1 Å². The van der Waals surface area contributed by atoms with E-state index in [4.69, 9.17) is 4.74 Å². The zero-order valence-corrected chi connectivity index (χ0v) is 16.7. The summed E-state index contributed by atoms with van der Waals surface area (Å²) in [6.45, 7) is 3.85. The lowest BCUT2D eigenvalue weighted by atomic mass is 10.1. The summed E-state index contributed by atoms with van der Waals surface area (Å²) in [6, 6.07) is 26.6. The van der Waals surface area contributed by atoms with E-state index in [-0.39, 0.29) is 11.9 Å². The zero-order valence-electron chi connectivity index (χ0n) is 16.7. The minimum absolute atomic E-state index is 0.0110. The molecule has 1 aliphatic rings. The van der Waals surface area contributed by atoms with Gasteiger partial charge in [0.1, 0.15) is 12.4 Å². The molecule has 0 saturated carbocycles. The lowest BCUT2D eigenvalue weighted by Crippen LogP contribution is -2.45. The second-order valence-electron chi connectivity index (χ2n) is 7.51. The van der Waals surface area contributed by atoms with Gasteiger partial charge in [0.05, 0.1) is 18.2 Å². The molecule has 0 aromatic heterocycles. The molecule has 3 aromatic carbocycles. The van der Waals surface area contributed by atoms with E-state index in [0.717, 1.165) is 23.5 Å². The molecule has 3 aromatic rings. The maximum atomic E-state index is 12.7. The number of carbonyl (C=O) groups is 1. The summed E-state index contributed by atoms with van der Waals surface area (Å²) in [5, 5.41) is 3.05. The lowest BCUT2D eigenvalue weighted by Gasteiger charge is -2.38. The number of rotatable bonds is 6. The first-order chi connectivity index (χ1) is 14.2. The van der Waals surface area contributed by atoms with Gasteiger partial charge >= 0.3 is 0 Å². The monoisotopic (exact) mass is 386 g/mol. The average Bonchev–Trinajstić information content (AvgIpc) is 2.76. The van der Waals surface area contributed by atoms with Gasteiger partial charge in [-0.3, -0.25) is 4.79 Å². The molecule has 0 fully saturated rings. The van der Waals surface area contributed by atoms with Crippen LogP contribution in [0.25, 0.3) is 0 Å². The van der Waals surface area contributed by atoms with Crippen LogP contribution in [0, 0.1) is 6.92 Å². The third-order valence-electron chi connectivity index (χ3n) is 5.27. The molecule has 29 heavy (non-hydrogen) atoms. The van der Waals surface area contributed by atoms with Crippen molar-refractivity contribution < 1.29 is 9.53 Å². The molecule has 148 valence electrons. The lowest BCUT2D eigenvalue weighted by molar-refractivity contribution is -0.121. The molecule has 1 N–H and O–H groups in total. The second kappa shape index (κ2) is 8.82. The van der Waals surface area contributed by atoms with Crippen molar-refractivity contribution in [3.8, 4) is 5.75 Å². The molecule has 0 radical (unpaired) electrons. The Morgan fingerprint density at radius 3 is 2.48 bits per heavy atom. The van der Waals surface area contributed by atoms with Gasteiger partial charge < -0.3 is 15.0 Å². The van der Waals surface area contributed by atoms with Crippen LogP contribution >= 0.6 is 0 Å². The minimum Gasteiger partial charge on any atom is -0.489 e. The normalized spacial score (nSPS) is 15.3. The van der Waals surface area contributed by atoms with Gasteiger partial charge in [-0.15, -0.1) is 0 Å². The highest BCUT2D eigenvalue weighted by Gasteiger charge is 2.29. The van der Waals surface area contributed by atoms with E-state index in [2.05, 4.69) is 59.6 Å². The number of hydrogen-bond acceptors (Lipinski definition) is 3. The molecule has 4 nitrogen and oxygen atoms in total. The first-order valence-corrected chi connectivity index (χ1v) is 10.0. The van der Waals surface area contributed by atoms with Crippen LogP contribution in [-0.4, -0.2) is 18.6 Å². The highest BCUT2D eigenvalue weighted by atomic mass is 16.5. The smallest absolute Gasteiger partial charge is 0.222 e.